The van der Waals surface area contributed by atoms with Crippen molar-refractivity contribution in [3.63, 3.8) is 0 Å². The van der Waals surface area contributed by atoms with E-state index >= 15 is 0 Å². The van der Waals surface area contributed by atoms with Crippen molar-refractivity contribution >= 4 is 33.4 Å². The maximum Gasteiger partial charge on any atom is 0.238 e. The summed E-state index contributed by atoms with van der Waals surface area (Å²) in [5, 5.41) is 19.4. The van der Waals surface area contributed by atoms with Gasteiger partial charge in [0, 0.05) is 5.69 Å². The van der Waals surface area contributed by atoms with Crippen molar-refractivity contribution in [3.8, 4) is 5.69 Å². The van der Waals surface area contributed by atoms with E-state index in [2.05, 4.69) is 20.8 Å². The molecule has 1 heterocycles. The number of rotatable bonds is 6. The number of anilines is 1. The van der Waals surface area contributed by atoms with Gasteiger partial charge in [0.15, 0.2) is 0 Å². The number of benzene rings is 2. The van der Waals surface area contributed by atoms with Gasteiger partial charge >= 0.3 is 0 Å². The highest BCUT2D eigenvalue weighted by atomic mass is 32.2. The number of thioether (sulfide) groups is 1. The molecule has 0 aliphatic rings. The molecule has 0 aliphatic heterocycles. The van der Waals surface area contributed by atoms with Crippen LogP contribution in [-0.4, -0.2) is 39.8 Å². The summed E-state index contributed by atoms with van der Waals surface area (Å²) >= 11 is 1.21. The number of primary sulfonamides is 1. The van der Waals surface area contributed by atoms with Gasteiger partial charge in [-0.3, -0.25) is 4.79 Å². The van der Waals surface area contributed by atoms with Gasteiger partial charge in [-0.25, -0.2) is 13.6 Å². The first-order chi connectivity index (χ1) is 13.2. The standard InChI is InChI=1S/C17H18N6O3S2/c1-11-3-7-14(8-4-11)23-17(20-21-22-23)27-12(2)16(24)19-13-5-9-15(10-6-13)28(18,25)26/h3-10,12H,1-2H3,(H,19,24)(H2,18,25,26)/t12-/m1/s1. The Morgan fingerprint density at radius 3 is 2.39 bits per heavy atom. The summed E-state index contributed by atoms with van der Waals surface area (Å²) < 4.78 is 24.1. The summed E-state index contributed by atoms with van der Waals surface area (Å²) in [6.45, 7) is 3.72. The highest BCUT2D eigenvalue weighted by Crippen LogP contribution is 2.24. The van der Waals surface area contributed by atoms with E-state index in [0.29, 0.717) is 10.8 Å². The Hall–Kier alpha value is -2.76. The molecule has 9 nitrogen and oxygen atoms in total. The van der Waals surface area contributed by atoms with Crippen LogP contribution in [0.2, 0.25) is 0 Å². The van der Waals surface area contributed by atoms with Crippen LogP contribution < -0.4 is 10.5 Å². The van der Waals surface area contributed by atoms with Crippen molar-refractivity contribution < 1.29 is 13.2 Å². The summed E-state index contributed by atoms with van der Waals surface area (Å²) in [7, 11) is -3.77. The van der Waals surface area contributed by atoms with Crippen LogP contribution in [0, 0.1) is 6.92 Å². The number of carbonyl (C=O) groups excluding carboxylic acids is 1. The lowest BCUT2D eigenvalue weighted by Gasteiger charge is -2.12. The summed E-state index contributed by atoms with van der Waals surface area (Å²) in [6, 6.07) is 13.3. The molecule has 0 unspecified atom stereocenters. The molecule has 1 atom stereocenters. The van der Waals surface area contributed by atoms with Crippen molar-refractivity contribution in [2.45, 2.75) is 29.1 Å². The molecule has 11 heteroatoms. The fraction of sp³-hybridized carbons (Fsp3) is 0.176. The Morgan fingerprint density at radius 1 is 1.14 bits per heavy atom. The third kappa shape index (κ3) is 4.74. The lowest BCUT2D eigenvalue weighted by Crippen LogP contribution is -2.23. The number of amides is 1. The Bertz CT molecular complexity index is 1080. The molecule has 0 spiro atoms. The van der Waals surface area contributed by atoms with Gasteiger partial charge in [-0.05, 0) is 60.7 Å². The first-order valence-corrected chi connectivity index (χ1v) is 10.6. The first kappa shape index (κ1) is 20.0. The zero-order valence-corrected chi connectivity index (χ0v) is 16.7. The van der Waals surface area contributed by atoms with E-state index in [1.165, 1.54) is 36.0 Å². The Morgan fingerprint density at radius 2 is 1.79 bits per heavy atom. The molecule has 0 aliphatic carbocycles. The molecule has 0 radical (unpaired) electrons. The van der Waals surface area contributed by atoms with Gasteiger partial charge in [0.2, 0.25) is 21.1 Å². The van der Waals surface area contributed by atoms with Crippen LogP contribution in [0.5, 0.6) is 0 Å². The highest BCUT2D eigenvalue weighted by molar-refractivity contribution is 8.00. The van der Waals surface area contributed by atoms with Gasteiger partial charge in [-0.15, -0.1) is 5.10 Å². The largest absolute Gasteiger partial charge is 0.325 e. The predicted octanol–water partition coefficient (Wildman–Crippen LogP) is 1.74. The number of nitrogens with one attached hydrogen (secondary N) is 1. The van der Waals surface area contributed by atoms with Gasteiger partial charge < -0.3 is 5.32 Å². The summed E-state index contributed by atoms with van der Waals surface area (Å²) in [4.78, 5) is 12.4. The van der Waals surface area contributed by atoms with Gasteiger partial charge in [-0.1, -0.05) is 29.5 Å². The molecule has 3 rings (SSSR count). The highest BCUT2D eigenvalue weighted by Gasteiger charge is 2.19. The molecule has 0 saturated heterocycles. The number of carbonyl (C=O) groups is 1. The molecule has 0 saturated carbocycles. The quantitative estimate of drug-likeness (QED) is 0.583. The SMILES string of the molecule is Cc1ccc(-n2nnnc2S[C@H](C)C(=O)Nc2ccc(S(N)(=O)=O)cc2)cc1. The fourth-order valence-corrected chi connectivity index (χ4v) is 3.61. The van der Waals surface area contributed by atoms with E-state index in [-0.39, 0.29) is 10.8 Å². The van der Waals surface area contributed by atoms with Crippen LogP contribution in [0.4, 0.5) is 5.69 Å². The van der Waals surface area contributed by atoms with Crippen molar-refractivity contribution in [1.82, 2.24) is 20.2 Å². The number of sulfonamides is 1. The number of hydrogen-bond acceptors (Lipinski definition) is 7. The lowest BCUT2D eigenvalue weighted by molar-refractivity contribution is -0.115. The molecule has 2 aromatic carbocycles. The van der Waals surface area contributed by atoms with E-state index in [1.807, 2.05) is 31.2 Å². The minimum Gasteiger partial charge on any atom is -0.325 e. The smallest absolute Gasteiger partial charge is 0.238 e. The number of tetrazole rings is 1. The number of hydrogen-bond donors (Lipinski definition) is 2. The maximum absolute atomic E-state index is 12.5. The molecular weight excluding hydrogens is 400 g/mol. The van der Waals surface area contributed by atoms with Crippen molar-refractivity contribution in [1.29, 1.82) is 0 Å². The predicted molar refractivity (Wildman–Crippen MR) is 106 cm³/mol. The molecular formula is C17H18N6O3S2. The number of aryl methyl sites for hydroxylation is 1. The third-order valence-corrected chi connectivity index (χ3v) is 5.78. The van der Waals surface area contributed by atoms with Crippen LogP contribution in [0.25, 0.3) is 5.69 Å². The topological polar surface area (TPSA) is 133 Å². The normalized spacial score (nSPS) is 12.5. The average molecular weight is 419 g/mol. The average Bonchev–Trinajstić information content (AvgIpc) is 3.10. The first-order valence-electron chi connectivity index (χ1n) is 8.20. The zero-order chi connectivity index (χ0) is 20.3. The van der Waals surface area contributed by atoms with Gasteiger partial charge in [0.1, 0.15) is 0 Å². The molecule has 1 aromatic heterocycles. The van der Waals surface area contributed by atoms with E-state index in [0.717, 1.165) is 11.3 Å². The molecule has 1 amide bonds. The molecule has 0 bridgehead atoms. The van der Waals surface area contributed by atoms with Crippen LogP contribution in [0.3, 0.4) is 0 Å². The van der Waals surface area contributed by atoms with Crippen molar-refractivity contribution in [2.24, 2.45) is 5.14 Å². The van der Waals surface area contributed by atoms with Crippen LogP contribution in [0.15, 0.2) is 58.6 Å². The Kier molecular flexibility index (Phi) is 5.77. The Labute approximate surface area is 166 Å². The molecule has 3 N–H and O–H groups in total. The van der Waals surface area contributed by atoms with Crippen molar-refractivity contribution in [2.75, 3.05) is 5.32 Å². The monoisotopic (exact) mass is 418 g/mol. The lowest BCUT2D eigenvalue weighted by atomic mass is 10.2. The van der Waals surface area contributed by atoms with Gasteiger partial charge in [0.05, 0.1) is 15.8 Å². The fourth-order valence-electron chi connectivity index (χ4n) is 2.28. The number of nitrogens with two attached hydrogens (primary N) is 1. The van der Waals surface area contributed by atoms with Crippen LogP contribution in [-0.2, 0) is 14.8 Å². The Balaban J connectivity index is 1.68. The molecule has 3 aromatic rings. The van der Waals surface area contributed by atoms with E-state index in [9.17, 15) is 13.2 Å². The van der Waals surface area contributed by atoms with Crippen LogP contribution >= 0.6 is 11.8 Å². The minimum atomic E-state index is -3.77. The van der Waals surface area contributed by atoms with E-state index < -0.39 is 15.3 Å². The van der Waals surface area contributed by atoms with E-state index in [1.54, 1.807) is 11.6 Å². The third-order valence-electron chi connectivity index (χ3n) is 3.82. The summed E-state index contributed by atoms with van der Waals surface area (Å²) in [6.07, 6.45) is 0. The second-order valence-electron chi connectivity index (χ2n) is 6.03. The number of aromatic nitrogens is 4. The number of nitrogens with zero attached hydrogens (tertiary/aromatic N) is 4. The summed E-state index contributed by atoms with van der Waals surface area (Å²) in [5.74, 6) is -0.271. The second-order valence-corrected chi connectivity index (χ2v) is 8.90. The second kappa shape index (κ2) is 8.09. The van der Waals surface area contributed by atoms with Gasteiger partial charge in [0.25, 0.3) is 0 Å². The molecule has 146 valence electrons. The minimum absolute atomic E-state index is 0.0230. The van der Waals surface area contributed by atoms with Crippen LogP contribution in [0.1, 0.15) is 12.5 Å². The van der Waals surface area contributed by atoms with Crippen molar-refractivity contribution in [3.05, 3.63) is 54.1 Å². The zero-order valence-electron chi connectivity index (χ0n) is 15.1. The maximum atomic E-state index is 12.5. The van der Waals surface area contributed by atoms with E-state index in [4.69, 9.17) is 5.14 Å². The molecule has 28 heavy (non-hydrogen) atoms. The molecule has 0 fully saturated rings. The van der Waals surface area contributed by atoms with Gasteiger partial charge in [-0.2, -0.15) is 4.68 Å². The summed E-state index contributed by atoms with van der Waals surface area (Å²) in [5.41, 5.74) is 2.37.